The van der Waals surface area contributed by atoms with Crippen LogP contribution >= 0.6 is 0 Å². The number of Topliss-reactive ketones (excluding diaryl/α,β-unsaturated/α-hetero) is 1. The van der Waals surface area contributed by atoms with Gasteiger partial charge < -0.3 is 4.57 Å². The number of rotatable bonds is 4. The normalized spacial score (nSPS) is 11.1. The number of carbonyl (C=O) groups excluding carboxylic acids is 1. The van der Waals surface area contributed by atoms with Gasteiger partial charge in [0, 0.05) is 25.0 Å². The van der Waals surface area contributed by atoms with Crippen LogP contribution in [0.3, 0.4) is 0 Å². The molecule has 0 unspecified atom stereocenters. The summed E-state index contributed by atoms with van der Waals surface area (Å²) >= 11 is 0. The molecule has 0 N–H and O–H groups in total. The van der Waals surface area contributed by atoms with Crippen LogP contribution in [0.15, 0.2) is 30.9 Å². The first-order valence-electron chi connectivity index (χ1n) is 6.53. The molecule has 0 aliphatic heterocycles. The first kappa shape index (κ1) is 12.5. The lowest BCUT2D eigenvalue weighted by Gasteiger charge is -2.05. The van der Waals surface area contributed by atoms with Gasteiger partial charge in [-0.2, -0.15) is 0 Å². The molecular weight excluding hydrogens is 254 g/mol. The highest BCUT2D eigenvalue weighted by atomic mass is 16.1. The van der Waals surface area contributed by atoms with Crippen molar-refractivity contribution in [2.75, 3.05) is 0 Å². The van der Waals surface area contributed by atoms with Crippen LogP contribution < -0.4 is 0 Å². The van der Waals surface area contributed by atoms with E-state index in [9.17, 15) is 4.79 Å². The van der Waals surface area contributed by atoms with Crippen molar-refractivity contribution in [1.29, 1.82) is 0 Å². The van der Waals surface area contributed by atoms with Gasteiger partial charge in [0.2, 0.25) is 11.6 Å². The Hall–Kier alpha value is -2.50. The molecule has 6 nitrogen and oxygen atoms in total. The van der Waals surface area contributed by atoms with Crippen molar-refractivity contribution in [2.24, 2.45) is 0 Å². The summed E-state index contributed by atoms with van der Waals surface area (Å²) in [5.41, 5.74) is 1.47. The van der Waals surface area contributed by atoms with Gasteiger partial charge in [-0.05, 0) is 13.0 Å². The lowest BCUT2D eigenvalue weighted by molar-refractivity contribution is 0.0965. The Balaban J connectivity index is 1.93. The van der Waals surface area contributed by atoms with Gasteiger partial charge in [0.05, 0.1) is 18.4 Å². The van der Waals surface area contributed by atoms with Gasteiger partial charge >= 0.3 is 0 Å². The van der Waals surface area contributed by atoms with E-state index < -0.39 is 0 Å². The van der Waals surface area contributed by atoms with Crippen LogP contribution in [0.25, 0.3) is 5.78 Å². The molecule has 3 aromatic heterocycles. The van der Waals surface area contributed by atoms with Gasteiger partial charge in [-0.1, -0.05) is 6.92 Å². The quantitative estimate of drug-likeness (QED) is 0.676. The maximum absolute atomic E-state index is 12.4. The molecule has 0 spiro atoms. The van der Waals surface area contributed by atoms with Crippen molar-refractivity contribution in [1.82, 2.24) is 23.9 Å². The molecule has 0 aliphatic rings. The van der Waals surface area contributed by atoms with E-state index in [1.54, 1.807) is 29.1 Å². The molecule has 6 heteroatoms. The fraction of sp³-hybridized carbons (Fsp3) is 0.286. The standard InChI is InChI=1S/C14H15N5O/c1-3-13-17-10(2)8-18(13)9-12(20)11-7-16-14-15-5-4-6-19(11)14/h4-8H,3,9H2,1-2H3. The zero-order valence-corrected chi connectivity index (χ0v) is 11.4. The van der Waals surface area contributed by atoms with Crippen LogP contribution in [-0.4, -0.2) is 29.7 Å². The predicted molar refractivity (Wildman–Crippen MR) is 73.7 cm³/mol. The van der Waals surface area contributed by atoms with Crippen LogP contribution in [-0.2, 0) is 13.0 Å². The van der Waals surface area contributed by atoms with Crippen LogP contribution in [0.5, 0.6) is 0 Å². The number of carbonyl (C=O) groups is 1. The van der Waals surface area contributed by atoms with Gasteiger partial charge in [0.15, 0.2) is 0 Å². The van der Waals surface area contributed by atoms with Crippen LogP contribution in [0.1, 0.15) is 28.9 Å². The number of aromatic nitrogens is 5. The molecule has 0 atom stereocenters. The summed E-state index contributed by atoms with van der Waals surface area (Å²) in [6.07, 6.45) is 7.72. The van der Waals surface area contributed by atoms with E-state index in [1.165, 1.54) is 0 Å². The molecular formula is C14H15N5O. The van der Waals surface area contributed by atoms with Crippen molar-refractivity contribution in [3.05, 3.63) is 48.1 Å². The summed E-state index contributed by atoms with van der Waals surface area (Å²) in [4.78, 5) is 25.1. The molecule has 0 aliphatic carbocycles. The summed E-state index contributed by atoms with van der Waals surface area (Å²) in [6, 6.07) is 1.78. The minimum Gasteiger partial charge on any atom is -0.327 e. The minimum atomic E-state index is -0.00222. The highest BCUT2D eigenvalue weighted by molar-refractivity contribution is 5.94. The maximum Gasteiger partial charge on any atom is 0.234 e. The third kappa shape index (κ3) is 2.09. The number of aryl methyl sites for hydroxylation is 2. The Morgan fingerprint density at radius 1 is 1.35 bits per heavy atom. The second-order valence-electron chi connectivity index (χ2n) is 4.64. The lowest BCUT2D eigenvalue weighted by Crippen LogP contribution is -2.14. The third-order valence-corrected chi connectivity index (χ3v) is 3.18. The summed E-state index contributed by atoms with van der Waals surface area (Å²) in [5, 5.41) is 0. The maximum atomic E-state index is 12.4. The molecule has 0 amide bonds. The first-order valence-corrected chi connectivity index (χ1v) is 6.53. The van der Waals surface area contributed by atoms with Crippen LogP contribution in [0, 0.1) is 6.92 Å². The number of fused-ring (bicyclic) bond motifs is 1. The summed E-state index contributed by atoms with van der Waals surface area (Å²) in [6.45, 7) is 4.23. The fourth-order valence-electron chi connectivity index (χ4n) is 2.29. The third-order valence-electron chi connectivity index (χ3n) is 3.18. The van der Waals surface area contributed by atoms with Gasteiger partial charge in [-0.3, -0.25) is 9.20 Å². The molecule has 0 fully saturated rings. The molecule has 0 radical (unpaired) electrons. The Kier molecular flexibility index (Phi) is 3.06. The zero-order valence-electron chi connectivity index (χ0n) is 11.4. The van der Waals surface area contributed by atoms with Crippen LogP contribution in [0.2, 0.25) is 0 Å². The lowest BCUT2D eigenvalue weighted by atomic mass is 10.3. The molecule has 0 saturated carbocycles. The number of hydrogen-bond donors (Lipinski definition) is 0. The number of ketones is 1. The molecule has 3 heterocycles. The fourth-order valence-corrected chi connectivity index (χ4v) is 2.29. The van der Waals surface area contributed by atoms with E-state index in [4.69, 9.17) is 0 Å². The van der Waals surface area contributed by atoms with Crippen molar-refractivity contribution in [2.45, 2.75) is 26.8 Å². The summed E-state index contributed by atoms with van der Waals surface area (Å²) in [7, 11) is 0. The zero-order chi connectivity index (χ0) is 14.1. The topological polar surface area (TPSA) is 65.1 Å². The molecule has 20 heavy (non-hydrogen) atoms. The van der Waals surface area contributed by atoms with Crippen molar-refractivity contribution in [3.8, 4) is 0 Å². The highest BCUT2D eigenvalue weighted by Crippen LogP contribution is 2.09. The SMILES string of the molecule is CCc1nc(C)cn1CC(=O)c1cnc2ncccn12. The number of imidazole rings is 2. The summed E-state index contributed by atoms with van der Waals surface area (Å²) < 4.78 is 3.60. The molecule has 0 saturated heterocycles. The second kappa shape index (κ2) is 4.88. The number of hydrogen-bond acceptors (Lipinski definition) is 4. The van der Waals surface area contributed by atoms with Crippen molar-refractivity contribution in [3.63, 3.8) is 0 Å². The largest absolute Gasteiger partial charge is 0.327 e. The first-order chi connectivity index (χ1) is 9.69. The second-order valence-corrected chi connectivity index (χ2v) is 4.64. The van der Waals surface area contributed by atoms with E-state index in [1.807, 2.05) is 24.6 Å². The van der Waals surface area contributed by atoms with Crippen molar-refractivity contribution >= 4 is 11.6 Å². The smallest absolute Gasteiger partial charge is 0.234 e. The van der Waals surface area contributed by atoms with Crippen LogP contribution in [0.4, 0.5) is 0 Å². The van der Waals surface area contributed by atoms with E-state index >= 15 is 0 Å². The van der Waals surface area contributed by atoms with Gasteiger partial charge in [-0.15, -0.1) is 0 Å². The van der Waals surface area contributed by atoms with E-state index in [2.05, 4.69) is 15.0 Å². The summed E-state index contributed by atoms with van der Waals surface area (Å²) in [5.74, 6) is 1.45. The Morgan fingerprint density at radius 3 is 3.00 bits per heavy atom. The van der Waals surface area contributed by atoms with Gasteiger partial charge in [-0.25, -0.2) is 15.0 Å². The Morgan fingerprint density at radius 2 is 2.20 bits per heavy atom. The van der Waals surface area contributed by atoms with E-state index in [0.717, 1.165) is 17.9 Å². The van der Waals surface area contributed by atoms with E-state index in [-0.39, 0.29) is 12.3 Å². The minimum absolute atomic E-state index is 0.00222. The van der Waals surface area contributed by atoms with Gasteiger partial charge in [0.1, 0.15) is 11.5 Å². The molecule has 102 valence electrons. The average Bonchev–Trinajstić information content (AvgIpc) is 3.02. The highest BCUT2D eigenvalue weighted by Gasteiger charge is 2.14. The average molecular weight is 269 g/mol. The molecule has 3 aromatic rings. The molecule has 3 rings (SSSR count). The van der Waals surface area contributed by atoms with Crippen molar-refractivity contribution < 1.29 is 4.79 Å². The molecule has 0 bridgehead atoms. The predicted octanol–water partition coefficient (Wildman–Crippen LogP) is 1.68. The Bertz CT molecular complexity index is 771. The Labute approximate surface area is 116 Å². The van der Waals surface area contributed by atoms with E-state index in [0.29, 0.717) is 11.5 Å². The molecule has 0 aromatic carbocycles. The number of nitrogens with zero attached hydrogens (tertiary/aromatic N) is 5. The van der Waals surface area contributed by atoms with Gasteiger partial charge in [0.25, 0.3) is 0 Å². The monoisotopic (exact) mass is 269 g/mol.